The van der Waals surface area contributed by atoms with Crippen molar-refractivity contribution in [2.45, 2.75) is 17.1 Å². The van der Waals surface area contributed by atoms with Gasteiger partial charge in [0.2, 0.25) is 0 Å². The standard InChI is InChI=1S/C26H32B6N6O5S/c1-41-19-9-20-17(8-16(19)14-10-33-37(11-14)26(30,31)32)22-18(12-43-20)21(34-38(22)15-2-7-44-13-15)23(39)36(25(27,28)29)4-3-35-5-6-42-24(35)40/h2,7-11,13H,3-6,12,27-32H2,1H3. The van der Waals surface area contributed by atoms with Crippen molar-refractivity contribution in [2.75, 3.05) is 33.4 Å². The molecule has 1 aromatic carbocycles. The lowest BCUT2D eigenvalue weighted by molar-refractivity contribution is 0.0725. The minimum absolute atomic E-state index is 0.175. The van der Waals surface area contributed by atoms with Gasteiger partial charge in [0.25, 0.3) is 5.91 Å². The number of hydrogen-bond acceptors (Lipinski definition) is 8. The third-order valence-corrected chi connectivity index (χ3v) is 8.61. The summed E-state index contributed by atoms with van der Waals surface area (Å²) in [6, 6.07) is 5.92. The van der Waals surface area contributed by atoms with E-state index in [2.05, 4.69) is 28.6 Å². The Kier molecular flexibility index (Phi) is 7.67. The molecule has 11 nitrogen and oxygen atoms in total. The summed E-state index contributed by atoms with van der Waals surface area (Å²) < 4.78 is 21.0. The van der Waals surface area contributed by atoms with Crippen LogP contribution in [0.2, 0.25) is 0 Å². The van der Waals surface area contributed by atoms with Crippen LogP contribution >= 0.6 is 11.3 Å². The van der Waals surface area contributed by atoms with Gasteiger partial charge in [0.05, 0.1) is 31.2 Å². The normalized spacial score (nSPS) is 14.5. The van der Waals surface area contributed by atoms with Crippen molar-refractivity contribution in [2.24, 2.45) is 0 Å². The third kappa shape index (κ3) is 5.44. The van der Waals surface area contributed by atoms with Crippen molar-refractivity contribution >= 4 is 70.4 Å². The van der Waals surface area contributed by atoms with E-state index in [1.165, 1.54) is 0 Å². The van der Waals surface area contributed by atoms with Gasteiger partial charge in [0.15, 0.2) is 5.69 Å². The predicted octanol–water partition coefficient (Wildman–Crippen LogP) is -2.76. The average Bonchev–Trinajstić information content (AvgIpc) is 3.78. The van der Waals surface area contributed by atoms with E-state index in [1.807, 2.05) is 74.3 Å². The van der Waals surface area contributed by atoms with Crippen LogP contribution in [0.1, 0.15) is 16.1 Å². The Hall–Kier alpha value is -3.93. The highest BCUT2D eigenvalue weighted by molar-refractivity contribution is 7.08. The monoisotopic (exact) mass is 606 g/mol. The third-order valence-electron chi connectivity index (χ3n) is 7.94. The highest BCUT2D eigenvalue weighted by Gasteiger charge is 2.37. The molecule has 0 N–H and O–H groups in total. The number of ether oxygens (including phenoxy) is 3. The molecular weight excluding hydrogens is 573 g/mol. The maximum Gasteiger partial charge on any atom is 0.409 e. The summed E-state index contributed by atoms with van der Waals surface area (Å²) in [5.74, 6) is 1.09. The summed E-state index contributed by atoms with van der Waals surface area (Å²) in [6.07, 6.45) is 3.50. The molecule has 5 heterocycles. The minimum atomic E-state index is -0.527. The molecule has 0 bridgehead atoms. The summed E-state index contributed by atoms with van der Waals surface area (Å²) in [5, 5.41) is 12.8. The van der Waals surface area contributed by atoms with Crippen molar-refractivity contribution in [3.8, 4) is 39.6 Å². The molecule has 0 unspecified atom stereocenters. The van der Waals surface area contributed by atoms with Gasteiger partial charge in [0, 0.05) is 53.0 Å². The maximum absolute atomic E-state index is 14.4. The lowest BCUT2D eigenvalue weighted by atomic mass is 9.48. The molecule has 0 aliphatic carbocycles. The molecule has 4 aromatic rings. The van der Waals surface area contributed by atoms with Crippen LogP contribution in [0.25, 0.3) is 28.1 Å². The molecule has 1 saturated heterocycles. The Bertz CT molecular complexity index is 1730. The van der Waals surface area contributed by atoms with Crippen molar-refractivity contribution in [3.05, 3.63) is 52.6 Å². The van der Waals surface area contributed by atoms with E-state index in [-0.39, 0.29) is 23.8 Å². The molecule has 0 atom stereocenters. The van der Waals surface area contributed by atoms with Crippen LogP contribution in [0, 0.1) is 0 Å². The minimum Gasteiger partial charge on any atom is -0.496 e. The van der Waals surface area contributed by atoms with E-state index >= 15 is 0 Å². The van der Waals surface area contributed by atoms with Gasteiger partial charge in [-0.2, -0.15) is 21.5 Å². The number of carbonyl (C=O) groups is 2. The number of nitrogens with zero attached hydrogens (tertiary/aromatic N) is 6. The fourth-order valence-electron chi connectivity index (χ4n) is 5.56. The number of benzene rings is 1. The second-order valence-corrected chi connectivity index (χ2v) is 13.8. The highest BCUT2D eigenvalue weighted by Crippen LogP contribution is 2.46. The van der Waals surface area contributed by atoms with Crippen LogP contribution in [0.15, 0.2) is 41.4 Å². The molecule has 44 heavy (non-hydrogen) atoms. The molecule has 3 aromatic heterocycles. The second-order valence-electron chi connectivity index (χ2n) is 13.0. The van der Waals surface area contributed by atoms with Gasteiger partial charge in [-0.1, -0.05) is 0 Å². The predicted molar refractivity (Wildman–Crippen MR) is 185 cm³/mol. The number of rotatable bonds is 9. The zero-order valence-corrected chi connectivity index (χ0v) is 27.0. The molecule has 2 amide bonds. The molecule has 0 radical (unpaired) electrons. The van der Waals surface area contributed by atoms with Crippen LogP contribution < -0.4 is 9.47 Å². The van der Waals surface area contributed by atoms with Crippen LogP contribution in [-0.2, 0) is 16.6 Å². The SMILES string of the molecule is BC(B)(B)N(CCN1CCOC1=O)C(=O)c1nn(-c2ccsc2)c2c1COc1cc(OC)c(-c3cnn(C(B)(B)B)c3)cc1-2. The Morgan fingerprint density at radius 2 is 1.95 bits per heavy atom. The van der Waals surface area contributed by atoms with E-state index in [4.69, 9.17) is 19.3 Å². The Morgan fingerprint density at radius 1 is 1.16 bits per heavy atom. The molecule has 1 fully saturated rings. The van der Waals surface area contributed by atoms with Crippen LogP contribution in [0.5, 0.6) is 11.5 Å². The first kappa shape index (κ1) is 30.1. The first-order valence-electron chi connectivity index (χ1n) is 14.7. The maximum atomic E-state index is 14.4. The number of aromatic nitrogens is 4. The summed E-state index contributed by atoms with van der Waals surface area (Å²) in [4.78, 5) is 29.9. The Labute approximate surface area is 265 Å². The van der Waals surface area contributed by atoms with E-state index < -0.39 is 5.24 Å². The number of amides is 2. The number of cyclic esters (lactones) is 1. The molecule has 18 heteroatoms. The molecular formula is C26H32B6N6O5S. The fourth-order valence-corrected chi connectivity index (χ4v) is 6.17. The van der Waals surface area contributed by atoms with E-state index in [0.717, 1.165) is 28.1 Å². The number of hydrogen-bond donors (Lipinski definition) is 0. The number of thiophene rings is 1. The van der Waals surface area contributed by atoms with Gasteiger partial charge in [-0.3, -0.25) is 9.48 Å². The van der Waals surface area contributed by atoms with E-state index in [0.29, 0.717) is 49.0 Å². The molecule has 6 rings (SSSR count). The van der Waals surface area contributed by atoms with Crippen molar-refractivity contribution < 1.29 is 23.8 Å². The lowest BCUT2D eigenvalue weighted by Crippen LogP contribution is -2.56. The quantitative estimate of drug-likeness (QED) is 0.191. The Balaban J connectivity index is 1.46. The topological polar surface area (TPSA) is 104 Å². The fraction of sp³-hybridized carbons (Fsp3) is 0.308. The number of carbonyl (C=O) groups excluding carboxylic acids is 2. The van der Waals surface area contributed by atoms with Gasteiger partial charge in [0.1, 0.15) is 71.8 Å². The van der Waals surface area contributed by atoms with Crippen molar-refractivity contribution in [1.82, 2.24) is 29.4 Å². The van der Waals surface area contributed by atoms with Crippen LogP contribution in [0.4, 0.5) is 4.79 Å². The molecule has 0 spiro atoms. The highest BCUT2D eigenvalue weighted by atomic mass is 32.1. The molecule has 2 aliphatic heterocycles. The van der Waals surface area contributed by atoms with Crippen molar-refractivity contribution in [3.63, 3.8) is 0 Å². The smallest absolute Gasteiger partial charge is 0.409 e. The van der Waals surface area contributed by atoms with Gasteiger partial charge in [-0.25, -0.2) is 9.48 Å². The molecule has 0 saturated carbocycles. The second kappa shape index (κ2) is 11.2. The van der Waals surface area contributed by atoms with E-state index in [1.54, 1.807) is 28.2 Å². The number of methoxy groups -OCH3 is 1. The Morgan fingerprint density at radius 3 is 2.57 bits per heavy atom. The summed E-state index contributed by atoms with van der Waals surface area (Å²) in [7, 11) is 13.9. The average molecular weight is 606 g/mol. The summed E-state index contributed by atoms with van der Waals surface area (Å²) >= 11 is 1.56. The summed E-state index contributed by atoms with van der Waals surface area (Å²) in [6.45, 7) is 1.77. The summed E-state index contributed by atoms with van der Waals surface area (Å²) in [5.41, 5.74) is 5.28. The van der Waals surface area contributed by atoms with Gasteiger partial charge >= 0.3 is 6.09 Å². The molecule has 2 aliphatic rings. The van der Waals surface area contributed by atoms with Crippen LogP contribution in [-0.4, -0.2) is 127 Å². The van der Waals surface area contributed by atoms with Crippen LogP contribution in [0.3, 0.4) is 0 Å². The van der Waals surface area contributed by atoms with E-state index in [9.17, 15) is 9.59 Å². The van der Waals surface area contributed by atoms with Crippen molar-refractivity contribution in [1.29, 1.82) is 0 Å². The van der Waals surface area contributed by atoms with Gasteiger partial charge in [-0.15, -0.1) is 0 Å². The zero-order valence-electron chi connectivity index (χ0n) is 26.2. The van der Waals surface area contributed by atoms with Gasteiger partial charge in [-0.05, 0) is 28.0 Å². The first-order valence-corrected chi connectivity index (χ1v) is 15.6. The lowest BCUT2D eigenvalue weighted by Gasteiger charge is -2.37. The zero-order chi connectivity index (χ0) is 31.4. The molecule has 220 valence electrons. The largest absolute Gasteiger partial charge is 0.496 e. The first-order chi connectivity index (χ1) is 20.9. The van der Waals surface area contributed by atoms with Gasteiger partial charge < -0.3 is 24.0 Å². The number of fused-ring (bicyclic) bond motifs is 3.